The van der Waals surface area contributed by atoms with Crippen molar-refractivity contribution in [2.24, 2.45) is 23.2 Å². The molecule has 0 radical (unpaired) electrons. The fourth-order valence-corrected chi connectivity index (χ4v) is 6.00. The Kier molecular flexibility index (Phi) is 5.21. The Morgan fingerprint density at radius 3 is 2.18 bits per heavy atom. The Balaban J connectivity index is 1.27. The van der Waals surface area contributed by atoms with Crippen molar-refractivity contribution >= 4 is 17.5 Å². The topological polar surface area (TPSA) is 76.7 Å². The molecule has 0 atom stereocenters. The van der Waals surface area contributed by atoms with Crippen LogP contribution in [0.1, 0.15) is 44.9 Å². The summed E-state index contributed by atoms with van der Waals surface area (Å²) in [5.74, 6) is 3.45. The standard InChI is InChI=1S/C22H30N2O4/c1-27-18-4-3-17(10-19(18)28-2)24-20(25)5-6-23-21(26)22-11-14-7-15(12-22)9-16(8-14)13-22/h3-4,10,14-16H,5-9,11-13H2,1-2H3,(H,23,26)(H,24,25). The van der Waals surface area contributed by atoms with Crippen LogP contribution in [-0.4, -0.2) is 32.6 Å². The smallest absolute Gasteiger partial charge is 0.226 e. The normalized spacial score (nSPS) is 30.0. The zero-order valence-electron chi connectivity index (χ0n) is 16.8. The number of hydrogen-bond acceptors (Lipinski definition) is 4. The zero-order valence-corrected chi connectivity index (χ0v) is 16.8. The number of amides is 2. The van der Waals surface area contributed by atoms with Crippen LogP contribution in [-0.2, 0) is 9.59 Å². The van der Waals surface area contributed by atoms with Gasteiger partial charge in [0.05, 0.1) is 14.2 Å². The van der Waals surface area contributed by atoms with Gasteiger partial charge in [0.1, 0.15) is 0 Å². The van der Waals surface area contributed by atoms with Crippen molar-refractivity contribution in [2.45, 2.75) is 44.9 Å². The number of carbonyl (C=O) groups excluding carboxylic acids is 2. The maximum atomic E-state index is 12.9. The van der Waals surface area contributed by atoms with E-state index in [-0.39, 0.29) is 23.7 Å². The number of carbonyl (C=O) groups is 2. The third-order valence-corrected chi connectivity index (χ3v) is 6.82. The van der Waals surface area contributed by atoms with Gasteiger partial charge in [0.15, 0.2) is 11.5 Å². The average Bonchev–Trinajstić information content (AvgIpc) is 2.66. The average molecular weight is 386 g/mol. The van der Waals surface area contributed by atoms with Crippen molar-refractivity contribution in [3.8, 4) is 11.5 Å². The summed E-state index contributed by atoms with van der Waals surface area (Å²) in [6.45, 7) is 0.375. The van der Waals surface area contributed by atoms with Crippen LogP contribution in [0.2, 0.25) is 0 Å². The molecule has 0 unspecified atom stereocenters. The van der Waals surface area contributed by atoms with E-state index in [9.17, 15) is 9.59 Å². The van der Waals surface area contributed by atoms with E-state index in [0.29, 0.717) is 23.7 Å². The fraction of sp³-hybridized carbons (Fsp3) is 0.636. The quantitative estimate of drug-likeness (QED) is 0.753. The number of benzene rings is 1. The Labute approximate surface area is 166 Å². The second kappa shape index (κ2) is 7.64. The number of rotatable bonds is 7. The maximum Gasteiger partial charge on any atom is 0.226 e. The molecule has 0 heterocycles. The molecule has 1 aromatic carbocycles. The molecule has 1 aromatic rings. The van der Waals surface area contributed by atoms with Crippen LogP contribution in [0, 0.1) is 23.2 Å². The van der Waals surface area contributed by atoms with Crippen LogP contribution in [0.3, 0.4) is 0 Å². The SMILES string of the molecule is COc1ccc(NC(=O)CCNC(=O)C23CC4CC(CC(C4)C2)C3)cc1OC. The monoisotopic (exact) mass is 386 g/mol. The minimum atomic E-state index is -0.158. The summed E-state index contributed by atoms with van der Waals surface area (Å²) in [4.78, 5) is 25.2. The second-order valence-electron chi connectivity index (χ2n) is 8.82. The van der Waals surface area contributed by atoms with E-state index in [2.05, 4.69) is 10.6 Å². The summed E-state index contributed by atoms with van der Waals surface area (Å²) in [7, 11) is 3.13. The van der Waals surface area contributed by atoms with Gasteiger partial charge in [0.25, 0.3) is 0 Å². The van der Waals surface area contributed by atoms with Gasteiger partial charge in [0, 0.05) is 30.1 Å². The molecular weight excluding hydrogens is 356 g/mol. The van der Waals surface area contributed by atoms with Gasteiger partial charge in [-0.3, -0.25) is 9.59 Å². The molecule has 152 valence electrons. The van der Waals surface area contributed by atoms with E-state index in [1.54, 1.807) is 32.4 Å². The van der Waals surface area contributed by atoms with Crippen molar-refractivity contribution in [1.82, 2.24) is 5.32 Å². The molecule has 0 saturated heterocycles. The molecule has 5 rings (SSSR count). The van der Waals surface area contributed by atoms with Crippen LogP contribution in [0.15, 0.2) is 18.2 Å². The van der Waals surface area contributed by atoms with Crippen LogP contribution in [0.5, 0.6) is 11.5 Å². The Morgan fingerprint density at radius 1 is 1.00 bits per heavy atom. The van der Waals surface area contributed by atoms with Gasteiger partial charge >= 0.3 is 0 Å². The summed E-state index contributed by atoms with van der Waals surface area (Å²) in [6.07, 6.45) is 7.35. The molecule has 4 saturated carbocycles. The molecule has 6 nitrogen and oxygen atoms in total. The van der Waals surface area contributed by atoms with Gasteiger partial charge in [-0.2, -0.15) is 0 Å². The first-order valence-electron chi connectivity index (χ1n) is 10.3. The first-order chi connectivity index (χ1) is 13.5. The van der Waals surface area contributed by atoms with E-state index in [0.717, 1.165) is 37.0 Å². The lowest BCUT2D eigenvalue weighted by Gasteiger charge is -2.55. The fourth-order valence-electron chi connectivity index (χ4n) is 6.00. The van der Waals surface area contributed by atoms with Crippen LogP contribution in [0.25, 0.3) is 0 Å². The Bertz CT molecular complexity index is 726. The molecule has 0 spiro atoms. The zero-order chi connectivity index (χ0) is 19.7. The van der Waals surface area contributed by atoms with Crippen molar-refractivity contribution in [3.63, 3.8) is 0 Å². The molecule has 0 aromatic heterocycles. The first kappa shape index (κ1) is 19.1. The van der Waals surface area contributed by atoms with Crippen LogP contribution >= 0.6 is 0 Å². The summed E-state index contributed by atoms with van der Waals surface area (Å²) in [5.41, 5.74) is 0.490. The molecule has 4 bridgehead atoms. The molecule has 0 aliphatic heterocycles. The Hall–Kier alpha value is -2.24. The number of nitrogens with one attached hydrogen (secondary N) is 2. The van der Waals surface area contributed by atoms with Gasteiger partial charge in [-0.1, -0.05) is 0 Å². The highest BCUT2D eigenvalue weighted by atomic mass is 16.5. The summed E-state index contributed by atoms with van der Waals surface area (Å²) in [6, 6.07) is 5.25. The summed E-state index contributed by atoms with van der Waals surface area (Å²) >= 11 is 0. The van der Waals surface area contributed by atoms with Crippen molar-refractivity contribution in [3.05, 3.63) is 18.2 Å². The van der Waals surface area contributed by atoms with Gasteiger partial charge in [-0.05, 0) is 68.4 Å². The van der Waals surface area contributed by atoms with E-state index in [1.807, 2.05) is 0 Å². The predicted octanol–water partition coefficient (Wildman–Crippen LogP) is 3.37. The van der Waals surface area contributed by atoms with Crippen molar-refractivity contribution < 1.29 is 19.1 Å². The van der Waals surface area contributed by atoms with Gasteiger partial charge in [0.2, 0.25) is 11.8 Å². The van der Waals surface area contributed by atoms with E-state index >= 15 is 0 Å². The second-order valence-corrected chi connectivity index (χ2v) is 8.82. The molecule has 4 fully saturated rings. The number of ether oxygens (including phenoxy) is 2. The first-order valence-corrected chi connectivity index (χ1v) is 10.3. The van der Waals surface area contributed by atoms with Crippen molar-refractivity contribution in [1.29, 1.82) is 0 Å². The van der Waals surface area contributed by atoms with Crippen LogP contribution in [0.4, 0.5) is 5.69 Å². The molecule has 28 heavy (non-hydrogen) atoms. The number of anilines is 1. The highest BCUT2D eigenvalue weighted by molar-refractivity contribution is 5.91. The van der Waals surface area contributed by atoms with E-state index in [1.165, 1.54) is 19.3 Å². The van der Waals surface area contributed by atoms with E-state index in [4.69, 9.17) is 9.47 Å². The van der Waals surface area contributed by atoms with Crippen LogP contribution < -0.4 is 20.1 Å². The molecular formula is C22H30N2O4. The lowest BCUT2D eigenvalue weighted by atomic mass is 9.49. The summed E-state index contributed by atoms with van der Waals surface area (Å²) < 4.78 is 10.5. The molecule has 6 heteroatoms. The highest BCUT2D eigenvalue weighted by Crippen LogP contribution is 2.60. The lowest BCUT2D eigenvalue weighted by Crippen LogP contribution is -2.53. The third-order valence-electron chi connectivity index (χ3n) is 6.82. The minimum absolute atomic E-state index is 0.127. The largest absolute Gasteiger partial charge is 0.493 e. The summed E-state index contributed by atoms with van der Waals surface area (Å²) in [5, 5.41) is 5.90. The maximum absolute atomic E-state index is 12.9. The van der Waals surface area contributed by atoms with Gasteiger partial charge in [-0.25, -0.2) is 0 Å². The molecule has 4 aliphatic rings. The highest BCUT2D eigenvalue weighted by Gasteiger charge is 2.54. The molecule has 4 aliphatic carbocycles. The number of hydrogen-bond donors (Lipinski definition) is 2. The van der Waals surface area contributed by atoms with Gasteiger partial charge in [-0.15, -0.1) is 0 Å². The van der Waals surface area contributed by atoms with E-state index < -0.39 is 0 Å². The Morgan fingerprint density at radius 2 is 1.61 bits per heavy atom. The number of methoxy groups -OCH3 is 2. The molecule has 2 amide bonds. The molecule has 2 N–H and O–H groups in total. The predicted molar refractivity (Wildman–Crippen MR) is 106 cm³/mol. The lowest BCUT2D eigenvalue weighted by molar-refractivity contribution is -0.146. The van der Waals surface area contributed by atoms with Crippen molar-refractivity contribution in [2.75, 3.05) is 26.1 Å². The van der Waals surface area contributed by atoms with Gasteiger partial charge < -0.3 is 20.1 Å². The third kappa shape index (κ3) is 3.69. The minimum Gasteiger partial charge on any atom is -0.493 e.